The third-order valence-electron chi connectivity index (χ3n) is 2.06. The summed E-state index contributed by atoms with van der Waals surface area (Å²) in [6.07, 6.45) is 0. The lowest BCUT2D eigenvalue weighted by atomic mass is 10.2. The zero-order chi connectivity index (χ0) is 14.3. The Balaban J connectivity index is 2.77. The molecule has 0 aliphatic carbocycles. The standard InChI is InChI=1S/C12H17N2O4P/c1-3-17-19(18-4-2)11(15)9-5-7-10(8-6-9)14-12(13)16/h5-8H,3-4H2,1-2H3,(H3,13,14,16). The van der Waals surface area contributed by atoms with Gasteiger partial charge in [-0.25, -0.2) is 4.79 Å². The molecular formula is C12H17N2O4P. The van der Waals surface area contributed by atoms with Gasteiger partial charge in [-0.15, -0.1) is 0 Å². The Morgan fingerprint density at radius 3 is 2.11 bits per heavy atom. The molecule has 1 rings (SSSR count). The molecule has 0 heterocycles. The Labute approximate surface area is 113 Å². The van der Waals surface area contributed by atoms with Crippen LogP contribution in [0.4, 0.5) is 10.5 Å². The van der Waals surface area contributed by atoms with Gasteiger partial charge in [-0.05, 0) is 38.1 Å². The lowest BCUT2D eigenvalue weighted by molar-refractivity contribution is 0.104. The third-order valence-corrected chi connectivity index (χ3v) is 3.63. The maximum absolute atomic E-state index is 12.1. The quantitative estimate of drug-likeness (QED) is 0.753. The molecule has 0 aromatic heterocycles. The van der Waals surface area contributed by atoms with E-state index >= 15 is 0 Å². The van der Waals surface area contributed by atoms with Crippen LogP contribution in [0.5, 0.6) is 0 Å². The van der Waals surface area contributed by atoms with Crippen LogP contribution in [0.25, 0.3) is 0 Å². The van der Waals surface area contributed by atoms with Crippen molar-refractivity contribution in [2.75, 3.05) is 18.5 Å². The van der Waals surface area contributed by atoms with E-state index in [2.05, 4.69) is 5.32 Å². The predicted molar refractivity (Wildman–Crippen MR) is 74.2 cm³/mol. The Kier molecular flexibility index (Phi) is 6.42. The summed E-state index contributed by atoms with van der Waals surface area (Å²) in [6.45, 7) is 4.44. The van der Waals surface area contributed by atoms with E-state index in [1.807, 2.05) is 13.8 Å². The molecule has 0 spiro atoms. The van der Waals surface area contributed by atoms with E-state index in [0.29, 0.717) is 24.5 Å². The van der Waals surface area contributed by atoms with Gasteiger partial charge < -0.3 is 20.1 Å². The molecular weight excluding hydrogens is 267 g/mol. The fourth-order valence-electron chi connectivity index (χ4n) is 1.33. The van der Waals surface area contributed by atoms with Crippen LogP contribution in [0.15, 0.2) is 24.3 Å². The van der Waals surface area contributed by atoms with Crippen LogP contribution in [0, 0.1) is 0 Å². The van der Waals surface area contributed by atoms with Crippen molar-refractivity contribution in [3.05, 3.63) is 29.8 Å². The van der Waals surface area contributed by atoms with Gasteiger partial charge in [0, 0.05) is 11.3 Å². The number of benzene rings is 1. The van der Waals surface area contributed by atoms with Crippen molar-refractivity contribution in [3.63, 3.8) is 0 Å². The van der Waals surface area contributed by atoms with Crippen LogP contribution in [-0.4, -0.2) is 24.8 Å². The molecule has 0 aliphatic heterocycles. The summed E-state index contributed by atoms with van der Waals surface area (Å²) in [5, 5.41) is 2.42. The first-order valence-corrected chi connectivity index (χ1v) is 7.03. The normalized spacial score (nSPS) is 10.5. The van der Waals surface area contributed by atoms with E-state index in [4.69, 9.17) is 14.8 Å². The van der Waals surface area contributed by atoms with Gasteiger partial charge in [0.2, 0.25) is 13.9 Å². The molecule has 2 amide bonds. The molecule has 0 unspecified atom stereocenters. The number of hydrogen-bond donors (Lipinski definition) is 2. The molecule has 0 atom stereocenters. The molecule has 1 aromatic carbocycles. The summed E-state index contributed by atoms with van der Waals surface area (Å²) in [5.74, 6) is 0. The van der Waals surface area contributed by atoms with Crippen LogP contribution in [0.3, 0.4) is 0 Å². The highest BCUT2D eigenvalue weighted by atomic mass is 31.2. The lowest BCUT2D eigenvalue weighted by Crippen LogP contribution is -2.19. The first-order chi connectivity index (χ1) is 9.08. The van der Waals surface area contributed by atoms with E-state index in [0.717, 1.165) is 0 Å². The number of primary amides is 1. The SMILES string of the molecule is CCOP(OCC)C(=O)c1ccc(NC(N)=O)cc1. The van der Waals surface area contributed by atoms with Crippen LogP contribution in [0.2, 0.25) is 0 Å². The number of amides is 2. The Hall–Kier alpha value is -1.49. The lowest BCUT2D eigenvalue weighted by Gasteiger charge is -2.14. The second-order valence-electron chi connectivity index (χ2n) is 3.46. The molecule has 0 fully saturated rings. The third kappa shape index (κ3) is 4.95. The van der Waals surface area contributed by atoms with Gasteiger partial charge in [0.05, 0.1) is 13.2 Å². The fraction of sp³-hybridized carbons (Fsp3) is 0.333. The number of urea groups is 1. The fourth-order valence-corrected chi connectivity index (χ4v) is 2.47. The van der Waals surface area contributed by atoms with Gasteiger partial charge in [-0.3, -0.25) is 4.79 Å². The monoisotopic (exact) mass is 284 g/mol. The van der Waals surface area contributed by atoms with Crippen molar-refractivity contribution in [2.45, 2.75) is 13.8 Å². The molecule has 0 radical (unpaired) electrons. The summed E-state index contributed by atoms with van der Waals surface area (Å²) in [6, 6.07) is 5.75. The number of nitrogens with two attached hydrogens (primary N) is 1. The summed E-state index contributed by atoms with van der Waals surface area (Å²) in [4.78, 5) is 22.8. The smallest absolute Gasteiger partial charge is 0.316 e. The van der Waals surface area contributed by atoms with Crippen molar-refractivity contribution in [2.24, 2.45) is 5.73 Å². The van der Waals surface area contributed by atoms with Crippen LogP contribution in [0.1, 0.15) is 24.2 Å². The summed E-state index contributed by atoms with van der Waals surface area (Å²) in [7, 11) is -1.58. The molecule has 3 N–H and O–H groups in total. The van der Waals surface area contributed by atoms with Gasteiger partial charge in [0.15, 0.2) is 0 Å². The van der Waals surface area contributed by atoms with Crippen LogP contribution < -0.4 is 11.1 Å². The summed E-state index contributed by atoms with van der Waals surface area (Å²) in [5.41, 5.74) is 5.81. The van der Waals surface area contributed by atoms with Crippen molar-refractivity contribution in [3.8, 4) is 0 Å². The Morgan fingerprint density at radius 2 is 1.68 bits per heavy atom. The van der Waals surface area contributed by atoms with Crippen molar-refractivity contribution < 1.29 is 18.6 Å². The van der Waals surface area contributed by atoms with Crippen LogP contribution in [-0.2, 0) is 9.05 Å². The molecule has 1 aromatic rings. The van der Waals surface area contributed by atoms with Crippen molar-refractivity contribution in [1.82, 2.24) is 0 Å². The van der Waals surface area contributed by atoms with Gasteiger partial charge in [-0.2, -0.15) is 0 Å². The highest BCUT2D eigenvalue weighted by Gasteiger charge is 2.22. The largest absolute Gasteiger partial charge is 0.351 e. The predicted octanol–water partition coefficient (Wildman–Crippen LogP) is 2.70. The number of carbonyl (C=O) groups excluding carboxylic acids is 2. The molecule has 0 aliphatic rings. The number of nitrogens with one attached hydrogen (secondary N) is 1. The van der Waals surface area contributed by atoms with Crippen LogP contribution >= 0.6 is 8.38 Å². The Bertz CT molecular complexity index is 430. The van der Waals surface area contributed by atoms with E-state index in [1.165, 1.54) is 0 Å². The molecule has 7 heteroatoms. The van der Waals surface area contributed by atoms with Gasteiger partial charge in [0.25, 0.3) is 0 Å². The summed E-state index contributed by atoms with van der Waals surface area (Å²) >= 11 is 0. The number of hydrogen-bond acceptors (Lipinski definition) is 4. The Morgan fingerprint density at radius 1 is 1.16 bits per heavy atom. The number of rotatable bonds is 7. The van der Waals surface area contributed by atoms with E-state index < -0.39 is 14.4 Å². The molecule has 0 bridgehead atoms. The average molecular weight is 284 g/mol. The van der Waals surface area contributed by atoms with Gasteiger partial charge in [0.1, 0.15) is 0 Å². The molecule has 104 valence electrons. The number of anilines is 1. The van der Waals surface area contributed by atoms with Crippen molar-refractivity contribution in [1.29, 1.82) is 0 Å². The van der Waals surface area contributed by atoms with Gasteiger partial charge in [-0.1, -0.05) is 0 Å². The zero-order valence-electron chi connectivity index (χ0n) is 10.9. The van der Waals surface area contributed by atoms with E-state index in [1.54, 1.807) is 24.3 Å². The zero-order valence-corrected chi connectivity index (χ0v) is 11.8. The molecule has 0 saturated carbocycles. The second-order valence-corrected chi connectivity index (χ2v) is 4.90. The maximum atomic E-state index is 12.1. The second kappa shape index (κ2) is 7.84. The number of carbonyl (C=O) groups is 2. The van der Waals surface area contributed by atoms with E-state index in [-0.39, 0.29) is 5.52 Å². The minimum Gasteiger partial charge on any atom is -0.351 e. The van der Waals surface area contributed by atoms with E-state index in [9.17, 15) is 9.59 Å². The topological polar surface area (TPSA) is 90.7 Å². The average Bonchev–Trinajstić information content (AvgIpc) is 2.38. The minimum absolute atomic E-state index is 0.190. The molecule has 0 saturated heterocycles. The first kappa shape index (κ1) is 15.6. The highest BCUT2D eigenvalue weighted by molar-refractivity contribution is 7.66. The molecule has 19 heavy (non-hydrogen) atoms. The molecule has 6 nitrogen and oxygen atoms in total. The minimum atomic E-state index is -1.58. The highest BCUT2D eigenvalue weighted by Crippen LogP contribution is 2.41. The maximum Gasteiger partial charge on any atom is 0.316 e. The first-order valence-electron chi connectivity index (χ1n) is 5.85. The van der Waals surface area contributed by atoms with Crippen molar-refractivity contribution >= 4 is 25.6 Å². The summed E-state index contributed by atoms with van der Waals surface area (Å²) < 4.78 is 10.6. The van der Waals surface area contributed by atoms with Gasteiger partial charge >= 0.3 is 6.03 Å².